The largest absolute Gasteiger partial charge is 0.378 e. The van der Waals surface area contributed by atoms with E-state index in [0.29, 0.717) is 31.3 Å². The van der Waals surface area contributed by atoms with Gasteiger partial charge in [-0.25, -0.2) is 0 Å². The number of hydrogen-bond donors (Lipinski definition) is 1. The first-order chi connectivity index (χ1) is 9.49. The van der Waals surface area contributed by atoms with Crippen LogP contribution < -0.4 is 5.32 Å². The molecular weight excluding hydrogens is 408 g/mol. The lowest BCUT2D eigenvalue weighted by molar-refractivity contribution is -0.111. The highest BCUT2D eigenvalue weighted by Crippen LogP contribution is 2.30. The van der Waals surface area contributed by atoms with Crippen LogP contribution in [0.2, 0.25) is 0 Å². The van der Waals surface area contributed by atoms with Crippen LogP contribution in [0.4, 0.5) is 5.69 Å². The molecule has 1 aliphatic heterocycles. The van der Waals surface area contributed by atoms with Gasteiger partial charge in [0.15, 0.2) is 4.99 Å². The van der Waals surface area contributed by atoms with Gasteiger partial charge in [0.2, 0.25) is 0 Å². The lowest BCUT2D eigenvalue weighted by Crippen LogP contribution is -2.44. The van der Waals surface area contributed by atoms with E-state index in [1.807, 2.05) is 24.0 Å². The molecule has 20 heavy (non-hydrogen) atoms. The van der Waals surface area contributed by atoms with Crippen LogP contribution in [0, 0.1) is 6.92 Å². The number of halogens is 2. The molecule has 1 fully saturated rings. The normalized spacial score (nSPS) is 15.1. The van der Waals surface area contributed by atoms with Gasteiger partial charge < -0.3 is 15.0 Å². The molecule has 0 unspecified atom stereocenters. The molecule has 1 aromatic carbocycles. The fourth-order valence-corrected chi connectivity index (χ4v) is 3.71. The first kappa shape index (κ1) is 15.9. The predicted octanol–water partition coefficient (Wildman–Crippen LogP) is 3.12. The van der Waals surface area contributed by atoms with Crippen LogP contribution >= 0.6 is 44.1 Å². The number of morpholine rings is 1. The first-order valence-electron chi connectivity index (χ1n) is 6.12. The number of thiocarbonyl (C=S) groups is 1. The molecule has 108 valence electrons. The van der Waals surface area contributed by atoms with E-state index in [2.05, 4.69) is 37.2 Å². The quantitative estimate of drug-likeness (QED) is 0.707. The van der Waals surface area contributed by atoms with Gasteiger partial charge in [-0.1, -0.05) is 28.1 Å². The van der Waals surface area contributed by atoms with Crippen LogP contribution in [-0.2, 0) is 9.53 Å². The Balaban J connectivity index is 2.09. The summed E-state index contributed by atoms with van der Waals surface area (Å²) in [6, 6.07) is 3.83. The zero-order valence-electron chi connectivity index (χ0n) is 10.9. The Kier molecular flexibility index (Phi) is 5.54. The van der Waals surface area contributed by atoms with Crippen LogP contribution in [0.15, 0.2) is 21.1 Å². The van der Waals surface area contributed by atoms with E-state index in [0.717, 1.165) is 20.2 Å². The third-order valence-electron chi connectivity index (χ3n) is 2.98. The second kappa shape index (κ2) is 6.98. The zero-order valence-corrected chi connectivity index (χ0v) is 14.9. The molecule has 1 N–H and O–H groups in total. The molecular formula is C13H14Br2N2O2S. The van der Waals surface area contributed by atoms with Crippen molar-refractivity contribution in [2.24, 2.45) is 0 Å². The van der Waals surface area contributed by atoms with Gasteiger partial charge in [0.1, 0.15) is 0 Å². The highest BCUT2D eigenvalue weighted by Gasteiger charge is 2.21. The van der Waals surface area contributed by atoms with E-state index in [1.165, 1.54) is 0 Å². The molecule has 1 saturated heterocycles. The van der Waals surface area contributed by atoms with E-state index in [4.69, 9.17) is 17.0 Å². The van der Waals surface area contributed by atoms with Crippen LogP contribution in [0.1, 0.15) is 5.56 Å². The van der Waals surface area contributed by atoms with Crippen LogP contribution in [0.3, 0.4) is 0 Å². The first-order valence-corrected chi connectivity index (χ1v) is 8.12. The number of carbonyl (C=O) groups excluding carboxylic acids is 1. The fourth-order valence-electron chi connectivity index (χ4n) is 1.94. The summed E-state index contributed by atoms with van der Waals surface area (Å²) >= 11 is 12.1. The summed E-state index contributed by atoms with van der Waals surface area (Å²) in [6.45, 7) is 4.46. The summed E-state index contributed by atoms with van der Waals surface area (Å²) in [7, 11) is 0. The van der Waals surface area contributed by atoms with Crippen molar-refractivity contribution in [3.8, 4) is 0 Å². The summed E-state index contributed by atoms with van der Waals surface area (Å²) < 4.78 is 7.03. The van der Waals surface area contributed by atoms with Gasteiger partial charge in [-0.05, 0) is 40.5 Å². The second-order valence-corrected chi connectivity index (χ2v) is 6.59. The number of nitrogens with one attached hydrogen (secondary N) is 1. The van der Waals surface area contributed by atoms with Crippen LogP contribution in [0.25, 0.3) is 0 Å². The Morgan fingerprint density at radius 3 is 2.60 bits per heavy atom. The number of benzene rings is 1. The number of aryl methyl sites for hydroxylation is 1. The monoisotopic (exact) mass is 420 g/mol. The number of amides is 1. The molecule has 4 nitrogen and oxygen atoms in total. The van der Waals surface area contributed by atoms with Crippen molar-refractivity contribution in [2.45, 2.75) is 6.92 Å². The number of rotatable bonds is 1. The maximum Gasteiger partial charge on any atom is 0.283 e. The molecule has 0 bridgehead atoms. The van der Waals surface area contributed by atoms with Gasteiger partial charge in [0.05, 0.1) is 18.9 Å². The summed E-state index contributed by atoms with van der Waals surface area (Å²) in [4.78, 5) is 14.4. The van der Waals surface area contributed by atoms with Crippen molar-refractivity contribution in [1.82, 2.24) is 4.90 Å². The number of ether oxygens (including phenoxy) is 1. The molecule has 7 heteroatoms. The second-order valence-electron chi connectivity index (χ2n) is 4.44. The Bertz CT molecular complexity index is 522. The molecule has 1 aliphatic rings. The molecule has 0 radical (unpaired) electrons. The van der Waals surface area contributed by atoms with Crippen molar-refractivity contribution < 1.29 is 9.53 Å². The average Bonchev–Trinajstić information content (AvgIpc) is 2.42. The molecule has 1 amide bonds. The molecule has 1 aromatic rings. The van der Waals surface area contributed by atoms with E-state index < -0.39 is 0 Å². The Labute approximate surface area is 140 Å². The third kappa shape index (κ3) is 3.78. The minimum atomic E-state index is -0.256. The summed E-state index contributed by atoms with van der Waals surface area (Å²) in [6.07, 6.45) is 0. The lowest BCUT2D eigenvalue weighted by Gasteiger charge is -2.28. The third-order valence-corrected chi connectivity index (χ3v) is 4.51. The number of anilines is 1. The van der Waals surface area contributed by atoms with Crippen molar-refractivity contribution in [3.05, 3.63) is 26.6 Å². The molecule has 0 spiro atoms. The number of nitrogens with zero attached hydrogens (tertiary/aromatic N) is 1. The molecule has 0 saturated carbocycles. The maximum atomic E-state index is 12.2. The minimum Gasteiger partial charge on any atom is -0.378 e. The topological polar surface area (TPSA) is 41.6 Å². The van der Waals surface area contributed by atoms with Gasteiger partial charge in [-0.3, -0.25) is 4.79 Å². The van der Waals surface area contributed by atoms with Crippen molar-refractivity contribution >= 4 is 60.7 Å². The Morgan fingerprint density at radius 1 is 1.35 bits per heavy atom. The minimum absolute atomic E-state index is 0.256. The SMILES string of the molecule is Cc1cc(Br)cc(Br)c1NC(=O)C(=S)N1CCOCC1. The van der Waals surface area contributed by atoms with Crippen molar-refractivity contribution in [3.63, 3.8) is 0 Å². The molecule has 0 aliphatic carbocycles. The lowest BCUT2D eigenvalue weighted by atomic mass is 10.2. The summed E-state index contributed by atoms with van der Waals surface area (Å²) in [5.41, 5.74) is 1.71. The highest BCUT2D eigenvalue weighted by molar-refractivity contribution is 9.11. The van der Waals surface area contributed by atoms with E-state index in [1.54, 1.807) is 0 Å². The molecule has 1 heterocycles. The average molecular weight is 422 g/mol. The Hall–Kier alpha value is -0.500. The van der Waals surface area contributed by atoms with E-state index in [9.17, 15) is 4.79 Å². The van der Waals surface area contributed by atoms with Crippen molar-refractivity contribution in [2.75, 3.05) is 31.6 Å². The number of hydrogen-bond acceptors (Lipinski definition) is 3. The van der Waals surface area contributed by atoms with Gasteiger partial charge in [-0.15, -0.1) is 0 Å². The van der Waals surface area contributed by atoms with E-state index in [-0.39, 0.29) is 5.91 Å². The van der Waals surface area contributed by atoms with E-state index >= 15 is 0 Å². The summed E-state index contributed by atoms with van der Waals surface area (Å²) in [5.74, 6) is -0.256. The molecule has 0 aromatic heterocycles. The maximum absolute atomic E-state index is 12.2. The van der Waals surface area contributed by atoms with Gasteiger partial charge in [-0.2, -0.15) is 0 Å². The molecule has 0 atom stereocenters. The number of carbonyl (C=O) groups is 1. The Morgan fingerprint density at radius 2 is 2.00 bits per heavy atom. The highest BCUT2D eigenvalue weighted by atomic mass is 79.9. The van der Waals surface area contributed by atoms with Gasteiger partial charge in [0, 0.05) is 22.0 Å². The van der Waals surface area contributed by atoms with Gasteiger partial charge >= 0.3 is 0 Å². The zero-order chi connectivity index (χ0) is 14.7. The predicted molar refractivity (Wildman–Crippen MR) is 90.2 cm³/mol. The van der Waals surface area contributed by atoms with Crippen molar-refractivity contribution in [1.29, 1.82) is 0 Å². The summed E-state index contributed by atoms with van der Waals surface area (Å²) in [5, 5.41) is 2.87. The standard InChI is InChI=1S/C13H14Br2N2O2S/c1-8-6-9(14)7-10(15)11(8)16-12(18)13(20)17-2-4-19-5-3-17/h6-7H,2-5H2,1H3,(H,16,18). The van der Waals surface area contributed by atoms with Crippen LogP contribution in [-0.4, -0.2) is 42.1 Å². The molecule has 2 rings (SSSR count). The smallest absolute Gasteiger partial charge is 0.283 e. The fraction of sp³-hybridized carbons (Fsp3) is 0.385. The van der Waals surface area contributed by atoms with Gasteiger partial charge in [0.25, 0.3) is 5.91 Å². The van der Waals surface area contributed by atoms with Crippen LogP contribution in [0.5, 0.6) is 0 Å².